The molecule has 3 heterocycles. The average molecular weight is 468 g/mol. The predicted octanol–water partition coefficient (Wildman–Crippen LogP) is 4.69. The van der Waals surface area contributed by atoms with E-state index in [9.17, 15) is 10.5 Å². The van der Waals surface area contributed by atoms with E-state index in [1.807, 2.05) is 23.9 Å². The van der Waals surface area contributed by atoms with Crippen molar-refractivity contribution in [2.24, 2.45) is 10.9 Å². The summed E-state index contributed by atoms with van der Waals surface area (Å²) in [5.74, 6) is 1.20. The molecule has 0 saturated carbocycles. The highest BCUT2D eigenvalue weighted by Gasteiger charge is 2.37. The first-order chi connectivity index (χ1) is 15.6. The van der Waals surface area contributed by atoms with Crippen molar-refractivity contribution in [1.82, 2.24) is 9.80 Å². The highest BCUT2D eigenvalue weighted by atomic mass is 32.2. The van der Waals surface area contributed by atoms with E-state index in [0.29, 0.717) is 4.88 Å². The molecule has 1 aromatic heterocycles. The minimum atomic E-state index is -0.503. The summed E-state index contributed by atoms with van der Waals surface area (Å²) in [6, 6.07) is 8.66. The van der Waals surface area contributed by atoms with Gasteiger partial charge in [-0.15, -0.1) is 23.1 Å². The van der Waals surface area contributed by atoms with E-state index in [-0.39, 0.29) is 5.92 Å². The molecular weight excluding hydrogens is 434 g/mol. The molecule has 0 aliphatic carbocycles. The van der Waals surface area contributed by atoms with Crippen LogP contribution in [0.4, 0.5) is 0 Å². The normalized spacial score (nSPS) is 22.0. The number of nitrogens with zero attached hydrogens (tertiary/aromatic N) is 5. The summed E-state index contributed by atoms with van der Waals surface area (Å²) >= 11 is 3.32. The van der Waals surface area contributed by atoms with Crippen LogP contribution in [-0.2, 0) is 5.41 Å². The van der Waals surface area contributed by atoms with Gasteiger partial charge < -0.3 is 4.90 Å². The molecule has 5 nitrogen and oxygen atoms in total. The Labute approximate surface area is 201 Å². The van der Waals surface area contributed by atoms with E-state index < -0.39 is 5.41 Å². The summed E-state index contributed by atoms with van der Waals surface area (Å²) in [6.45, 7) is 11.2. The summed E-state index contributed by atoms with van der Waals surface area (Å²) < 4.78 is 0. The molecule has 170 valence electrons. The average Bonchev–Trinajstić information content (AvgIpc) is 3.32. The number of thiophene rings is 1. The molecule has 1 fully saturated rings. The van der Waals surface area contributed by atoms with Crippen molar-refractivity contribution < 1.29 is 0 Å². The van der Waals surface area contributed by atoms with Crippen LogP contribution in [-0.4, -0.2) is 66.4 Å². The second-order valence-corrected chi connectivity index (χ2v) is 10.8. The second-order valence-electron chi connectivity index (χ2n) is 8.64. The molecule has 2 aliphatic rings. The molecule has 1 saturated heterocycles. The Morgan fingerprint density at radius 1 is 1.09 bits per heavy atom. The summed E-state index contributed by atoms with van der Waals surface area (Å²) in [5.41, 5.74) is -0.503. The smallest absolute Gasteiger partial charge is 0.110 e. The Hall–Kier alpha value is -1.90. The van der Waals surface area contributed by atoms with Crippen molar-refractivity contribution in [3.63, 3.8) is 0 Å². The third kappa shape index (κ3) is 6.56. The summed E-state index contributed by atoms with van der Waals surface area (Å²) in [5, 5.41) is 20.5. The zero-order valence-corrected chi connectivity index (χ0v) is 20.8. The van der Waals surface area contributed by atoms with Crippen molar-refractivity contribution in [2.45, 2.75) is 32.1 Å². The molecule has 0 spiro atoms. The lowest BCUT2D eigenvalue weighted by atomic mass is 9.73. The lowest BCUT2D eigenvalue weighted by Gasteiger charge is -2.36. The predicted molar refractivity (Wildman–Crippen MR) is 136 cm³/mol. The molecule has 1 unspecified atom stereocenters. The van der Waals surface area contributed by atoms with Gasteiger partial charge in [-0.05, 0) is 37.4 Å². The number of nitriles is 2. The van der Waals surface area contributed by atoms with E-state index >= 15 is 0 Å². The molecule has 1 atom stereocenters. The summed E-state index contributed by atoms with van der Waals surface area (Å²) in [6.07, 6.45) is 10.3. The molecule has 7 heteroatoms. The first kappa shape index (κ1) is 24.7. The zero-order chi connectivity index (χ0) is 22.8. The molecular formula is C25H33N5S2. The summed E-state index contributed by atoms with van der Waals surface area (Å²) in [7, 11) is 0. The number of allylic oxidation sites excluding steroid dienone is 2. The van der Waals surface area contributed by atoms with Gasteiger partial charge in [0.2, 0.25) is 0 Å². The Morgan fingerprint density at radius 2 is 1.84 bits per heavy atom. The number of aliphatic imine (C=N–C) groups is 1. The zero-order valence-electron chi connectivity index (χ0n) is 19.2. The van der Waals surface area contributed by atoms with Crippen LogP contribution in [0.3, 0.4) is 0 Å². The monoisotopic (exact) mass is 467 g/mol. The van der Waals surface area contributed by atoms with Gasteiger partial charge in [-0.3, -0.25) is 9.89 Å². The van der Waals surface area contributed by atoms with Crippen LogP contribution in [0.25, 0.3) is 0 Å². The lowest BCUT2D eigenvalue weighted by molar-refractivity contribution is 0.141. The van der Waals surface area contributed by atoms with Gasteiger partial charge in [0, 0.05) is 43.4 Å². The fraction of sp³-hybridized carbons (Fsp3) is 0.560. The third-order valence-electron chi connectivity index (χ3n) is 6.31. The van der Waals surface area contributed by atoms with Crippen LogP contribution in [0, 0.1) is 28.6 Å². The molecule has 0 amide bonds. The van der Waals surface area contributed by atoms with Crippen molar-refractivity contribution in [3.8, 4) is 12.1 Å². The van der Waals surface area contributed by atoms with Crippen molar-refractivity contribution in [2.75, 3.05) is 51.6 Å². The van der Waals surface area contributed by atoms with E-state index in [2.05, 4.69) is 60.1 Å². The van der Waals surface area contributed by atoms with Crippen molar-refractivity contribution in [3.05, 3.63) is 46.2 Å². The number of hydrogen-bond acceptors (Lipinski definition) is 7. The van der Waals surface area contributed by atoms with Crippen LogP contribution in [0.15, 0.2) is 41.4 Å². The summed E-state index contributed by atoms with van der Waals surface area (Å²) in [4.78, 5) is 11.5. The van der Waals surface area contributed by atoms with E-state index in [1.165, 1.54) is 16.4 Å². The first-order valence-electron chi connectivity index (χ1n) is 11.4. The minimum Gasteiger partial charge on any atom is -0.301 e. The number of rotatable bonds is 8. The van der Waals surface area contributed by atoms with Crippen LogP contribution >= 0.6 is 23.1 Å². The van der Waals surface area contributed by atoms with Gasteiger partial charge >= 0.3 is 0 Å². The molecule has 0 aromatic carbocycles. The van der Waals surface area contributed by atoms with E-state index in [0.717, 1.165) is 69.3 Å². The highest BCUT2D eigenvalue weighted by molar-refractivity contribution is 8.14. The van der Waals surface area contributed by atoms with E-state index in [1.54, 1.807) is 0 Å². The van der Waals surface area contributed by atoms with Gasteiger partial charge in [-0.1, -0.05) is 38.2 Å². The number of piperazine rings is 1. The van der Waals surface area contributed by atoms with Crippen LogP contribution in [0.2, 0.25) is 0 Å². The number of hydrogen-bond donors (Lipinski definition) is 0. The van der Waals surface area contributed by atoms with Crippen LogP contribution in [0.5, 0.6) is 0 Å². The molecule has 0 radical (unpaired) electrons. The van der Waals surface area contributed by atoms with Crippen LogP contribution < -0.4 is 0 Å². The Kier molecular flexibility index (Phi) is 9.56. The molecule has 32 heavy (non-hydrogen) atoms. The highest BCUT2D eigenvalue weighted by Crippen LogP contribution is 2.40. The van der Waals surface area contributed by atoms with Gasteiger partial charge in [-0.25, -0.2) is 0 Å². The fourth-order valence-electron chi connectivity index (χ4n) is 4.23. The maximum absolute atomic E-state index is 10.1. The molecule has 0 N–H and O–H groups in total. The second kappa shape index (κ2) is 12.4. The van der Waals surface area contributed by atoms with Crippen molar-refractivity contribution >= 4 is 28.1 Å². The maximum atomic E-state index is 10.1. The minimum absolute atomic E-state index is 0.213. The standard InChI is InChI=1S/C25H33N5S2/c1-21(2)25(20-27,23-9-8-22(18-26)32-23)10-7-12-29-13-15-30(16-14-29)19-24-28-11-5-3-4-6-17-31-24/h3-6,8-9,21H,7,10-17,19H2,1-2H3/b5-3-,6-4-,28-24?. The van der Waals surface area contributed by atoms with Crippen LogP contribution in [0.1, 0.15) is 36.4 Å². The SMILES string of the molecule is CC(C)C(C#N)(CCCN1CCN(CC2=NC/C=C\C=C/CS2)CC1)c1ccc(C#N)s1. The fourth-order valence-corrected chi connectivity index (χ4v) is 6.19. The molecule has 1 aromatic rings. The Morgan fingerprint density at radius 3 is 2.53 bits per heavy atom. The van der Waals surface area contributed by atoms with Gasteiger partial charge in [0.05, 0.1) is 23.1 Å². The number of thioether (sulfide) groups is 1. The first-order valence-corrected chi connectivity index (χ1v) is 13.2. The Balaban J connectivity index is 1.47. The molecule has 3 rings (SSSR count). The Bertz CT molecular complexity index is 909. The van der Waals surface area contributed by atoms with Crippen molar-refractivity contribution in [1.29, 1.82) is 10.5 Å². The maximum Gasteiger partial charge on any atom is 0.110 e. The lowest BCUT2D eigenvalue weighted by Crippen LogP contribution is -2.48. The molecule has 2 aliphatic heterocycles. The van der Waals surface area contributed by atoms with Gasteiger partial charge in [0.1, 0.15) is 10.9 Å². The molecule has 0 bridgehead atoms. The van der Waals surface area contributed by atoms with Gasteiger partial charge in [0.15, 0.2) is 0 Å². The van der Waals surface area contributed by atoms with Gasteiger partial charge in [-0.2, -0.15) is 10.5 Å². The van der Waals surface area contributed by atoms with Gasteiger partial charge in [0.25, 0.3) is 0 Å². The largest absolute Gasteiger partial charge is 0.301 e. The topological polar surface area (TPSA) is 66.4 Å². The quantitative estimate of drug-likeness (QED) is 0.555. The van der Waals surface area contributed by atoms with E-state index in [4.69, 9.17) is 4.99 Å². The third-order valence-corrected chi connectivity index (χ3v) is 8.43.